The van der Waals surface area contributed by atoms with Crippen LogP contribution in [0.15, 0.2) is 0 Å². The normalized spacial score (nSPS) is 10.7. The summed E-state index contributed by atoms with van der Waals surface area (Å²) < 4.78 is 0. The Hall–Kier alpha value is -1.99. The number of amides is 1. The van der Waals surface area contributed by atoms with Crippen LogP contribution in [0.3, 0.4) is 0 Å². The number of tetrazole rings is 1. The first-order valence-corrected chi connectivity index (χ1v) is 5.66. The van der Waals surface area contributed by atoms with Crippen LogP contribution in [0.1, 0.15) is 26.1 Å². The van der Waals surface area contributed by atoms with Crippen molar-refractivity contribution in [2.45, 2.75) is 39.8 Å². The molecule has 0 aromatic carbocycles. The minimum Gasteiger partial charge on any atom is -0.481 e. The molecule has 1 amide bonds. The number of aliphatic carboxylic acids is 1. The highest BCUT2D eigenvalue weighted by Crippen LogP contribution is 2.02. The number of aromatic nitrogens is 4. The van der Waals surface area contributed by atoms with Crippen molar-refractivity contribution in [3.8, 4) is 0 Å². The molecule has 1 aromatic rings. The van der Waals surface area contributed by atoms with Crippen LogP contribution < -0.4 is 0 Å². The summed E-state index contributed by atoms with van der Waals surface area (Å²) in [7, 11) is 0. The fourth-order valence-electron chi connectivity index (χ4n) is 1.49. The van der Waals surface area contributed by atoms with E-state index in [1.54, 1.807) is 6.92 Å². The van der Waals surface area contributed by atoms with Gasteiger partial charge in [0.15, 0.2) is 5.82 Å². The molecule has 0 aliphatic rings. The number of nitrogens with zero attached hydrogens (tertiary/aromatic N) is 5. The molecule has 0 spiro atoms. The number of aryl methyl sites for hydroxylation is 1. The van der Waals surface area contributed by atoms with Gasteiger partial charge >= 0.3 is 5.97 Å². The third-order valence-corrected chi connectivity index (χ3v) is 2.34. The van der Waals surface area contributed by atoms with Gasteiger partial charge in [0.1, 0.15) is 6.54 Å². The van der Waals surface area contributed by atoms with E-state index in [4.69, 9.17) is 5.11 Å². The molecule has 0 saturated carbocycles. The Morgan fingerprint density at radius 2 is 2.11 bits per heavy atom. The fraction of sp³-hybridized carbons (Fsp3) is 0.700. The molecule has 8 heteroatoms. The molecule has 0 atom stereocenters. The Labute approximate surface area is 105 Å². The molecule has 0 radical (unpaired) electrons. The topological polar surface area (TPSA) is 101 Å². The molecule has 1 N–H and O–H groups in total. The van der Waals surface area contributed by atoms with Crippen molar-refractivity contribution in [1.29, 1.82) is 0 Å². The highest BCUT2D eigenvalue weighted by Gasteiger charge is 2.19. The largest absolute Gasteiger partial charge is 0.481 e. The highest BCUT2D eigenvalue weighted by molar-refractivity contribution is 5.77. The van der Waals surface area contributed by atoms with E-state index < -0.39 is 5.97 Å². The number of carbonyl (C=O) groups is 2. The monoisotopic (exact) mass is 255 g/mol. The molecule has 0 aliphatic carbocycles. The van der Waals surface area contributed by atoms with Crippen LogP contribution in [0.5, 0.6) is 0 Å². The summed E-state index contributed by atoms with van der Waals surface area (Å²) in [5.41, 5.74) is 0. The van der Waals surface area contributed by atoms with Crippen LogP contribution in [0, 0.1) is 6.92 Å². The molecule has 0 aliphatic heterocycles. The second-order valence-electron chi connectivity index (χ2n) is 4.19. The standard InChI is InChI=1S/C10H17N5O3/c1-7(2)14(5-4-10(17)18)9(16)6-15-12-8(3)11-13-15/h7H,4-6H2,1-3H3,(H,17,18). The summed E-state index contributed by atoms with van der Waals surface area (Å²) in [4.78, 5) is 25.2. The van der Waals surface area contributed by atoms with E-state index in [1.165, 1.54) is 9.70 Å². The van der Waals surface area contributed by atoms with E-state index in [-0.39, 0.29) is 31.5 Å². The van der Waals surface area contributed by atoms with Gasteiger partial charge in [0.25, 0.3) is 0 Å². The Kier molecular flexibility index (Phi) is 4.75. The van der Waals surface area contributed by atoms with Crippen molar-refractivity contribution in [3.05, 3.63) is 5.82 Å². The van der Waals surface area contributed by atoms with Crippen molar-refractivity contribution in [1.82, 2.24) is 25.1 Å². The number of hydrogen-bond donors (Lipinski definition) is 1. The molecule has 1 heterocycles. The van der Waals surface area contributed by atoms with Gasteiger partial charge in [-0.2, -0.15) is 4.80 Å². The van der Waals surface area contributed by atoms with E-state index in [0.717, 1.165) is 0 Å². The van der Waals surface area contributed by atoms with Crippen molar-refractivity contribution >= 4 is 11.9 Å². The molecule has 8 nitrogen and oxygen atoms in total. The molecular formula is C10H17N5O3. The van der Waals surface area contributed by atoms with Crippen LogP contribution in [-0.4, -0.2) is 54.7 Å². The average Bonchev–Trinajstić information content (AvgIpc) is 2.63. The Morgan fingerprint density at radius 1 is 1.44 bits per heavy atom. The summed E-state index contributed by atoms with van der Waals surface area (Å²) in [6, 6.07) is -0.0681. The number of carbonyl (C=O) groups excluding carboxylic acids is 1. The zero-order valence-electron chi connectivity index (χ0n) is 10.7. The van der Waals surface area contributed by atoms with Crippen LogP contribution in [-0.2, 0) is 16.1 Å². The first-order valence-electron chi connectivity index (χ1n) is 5.66. The van der Waals surface area contributed by atoms with Gasteiger partial charge in [0.2, 0.25) is 5.91 Å². The lowest BCUT2D eigenvalue weighted by Gasteiger charge is -2.25. The number of carboxylic acid groups (broad SMARTS) is 1. The lowest BCUT2D eigenvalue weighted by Crippen LogP contribution is -2.40. The summed E-state index contributed by atoms with van der Waals surface area (Å²) in [5.74, 6) is -0.656. The van der Waals surface area contributed by atoms with Gasteiger partial charge in [0, 0.05) is 12.6 Å². The van der Waals surface area contributed by atoms with Crippen LogP contribution in [0.2, 0.25) is 0 Å². The van der Waals surface area contributed by atoms with Crippen LogP contribution in [0.4, 0.5) is 0 Å². The quantitative estimate of drug-likeness (QED) is 0.748. The second kappa shape index (κ2) is 6.08. The zero-order chi connectivity index (χ0) is 13.7. The van der Waals surface area contributed by atoms with Crippen molar-refractivity contribution < 1.29 is 14.7 Å². The predicted octanol–water partition coefficient (Wildman–Crippen LogP) is -0.307. The molecule has 0 fully saturated rings. The van der Waals surface area contributed by atoms with E-state index in [2.05, 4.69) is 15.4 Å². The Morgan fingerprint density at radius 3 is 2.56 bits per heavy atom. The minimum absolute atomic E-state index is 0.0291. The van der Waals surface area contributed by atoms with Gasteiger partial charge in [-0.05, 0) is 26.0 Å². The van der Waals surface area contributed by atoms with E-state index in [0.29, 0.717) is 5.82 Å². The molecule has 18 heavy (non-hydrogen) atoms. The van der Waals surface area contributed by atoms with Crippen LogP contribution >= 0.6 is 0 Å². The summed E-state index contributed by atoms with van der Waals surface area (Å²) in [6.07, 6.45) is -0.0757. The lowest BCUT2D eigenvalue weighted by atomic mass is 10.2. The third kappa shape index (κ3) is 4.11. The summed E-state index contributed by atoms with van der Waals surface area (Å²) >= 11 is 0. The molecule has 1 rings (SSSR count). The van der Waals surface area contributed by atoms with Crippen molar-refractivity contribution in [2.75, 3.05) is 6.54 Å². The van der Waals surface area contributed by atoms with Crippen molar-refractivity contribution in [3.63, 3.8) is 0 Å². The van der Waals surface area contributed by atoms with Gasteiger partial charge in [-0.3, -0.25) is 9.59 Å². The second-order valence-corrected chi connectivity index (χ2v) is 4.19. The molecule has 0 unspecified atom stereocenters. The first-order chi connectivity index (χ1) is 8.40. The predicted molar refractivity (Wildman–Crippen MR) is 61.7 cm³/mol. The molecular weight excluding hydrogens is 238 g/mol. The molecule has 1 aromatic heterocycles. The average molecular weight is 255 g/mol. The Bertz CT molecular complexity index is 429. The fourth-order valence-corrected chi connectivity index (χ4v) is 1.49. The maximum absolute atomic E-state index is 12.0. The third-order valence-electron chi connectivity index (χ3n) is 2.34. The van der Waals surface area contributed by atoms with E-state index in [9.17, 15) is 9.59 Å². The number of hydrogen-bond acceptors (Lipinski definition) is 5. The molecule has 0 saturated heterocycles. The van der Waals surface area contributed by atoms with E-state index >= 15 is 0 Å². The summed E-state index contributed by atoms with van der Waals surface area (Å²) in [5, 5.41) is 19.9. The lowest BCUT2D eigenvalue weighted by molar-refractivity contribution is -0.139. The van der Waals surface area contributed by atoms with Gasteiger partial charge in [-0.1, -0.05) is 0 Å². The van der Waals surface area contributed by atoms with Gasteiger partial charge in [-0.25, -0.2) is 0 Å². The maximum atomic E-state index is 12.0. The number of rotatable bonds is 6. The Balaban J connectivity index is 2.62. The van der Waals surface area contributed by atoms with E-state index in [1.807, 2.05) is 13.8 Å². The maximum Gasteiger partial charge on any atom is 0.305 e. The van der Waals surface area contributed by atoms with Gasteiger partial charge < -0.3 is 10.0 Å². The minimum atomic E-state index is -0.928. The highest BCUT2D eigenvalue weighted by atomic mass is 16.4. The number of carboxylic acids is 1. The summed E-state index contributed by atoms with van der Waals surface area (Å²) in [6.45, 7) is 5.50. The first kappa shape index (κ1) is 14.1. The molecule has 0 bridgehead atoms. The van der Waals surface area contributed by atoms with Crippen LogP contribution in [0.25, 0.3) is 0 Å². The van der Waals surface area contributed by atoms with Crippen molar-refractivity contribution in [2.24, 2.45) is 0 Å². The van der Waals surface area contributed by atoms with Gasteiger partial charge in [0.05, 0.1) is 6.42 Å². The zero-order valence-corrected chi connectivity index (χ0v) is 10.7. The molecule has 100 valence electrons. The SMILES string of the molecule is Cc1nnn(CC(=O)N(CCC(=O)O)C(C)C)n1. The van der Waals surface area contributed by atoms with Gasteiger partial charge in [-0.15, -0.1) is 10.2 Å². The smallest absolute Gasteiger partial charge is 0.305 e.